The van der Waals surface area contributed by atoms with E-state index in [1.165, 1.54) is 0 Å². The number of carbonyl (C=O) groups is 2. The Morgan fingerprint density at radius 2 is 1.59 bits per heavy atom. The van der Waals surface area contributed by atoms with Gasteiger partial charge in [-0.05, 0) is 24.1 Å². The van der Waals surface area contributed by atoms with E-state index in [1.54, 1.807) is 12.1 Å². The second kappa shape index (κ2) is 7.03. The Labute approximate surface area is 131 Å². The summed E-state index contributed by atoms with van der Waals surface area (Å²) in [7, 11) is 0. The number of amides is 1. The van der Waals surface area contributed by atoms with Crippen molar-refractivity contribution in [3.8, 4) is 0 Å². The Morgan fingerprint density at radius 1 is 1.05 bits per heavy atom. The Morgan fingerprint density at radius 3 is 2.14 bits per heavy atom. The highest BCUT2D eigenvalue weighted by Crippen LogP contribution is 2.21. The Kier molecular flexibility index (Phi) is 5.10. The van der Waals surface area contributed by atoms with Gasteiger partial charge in [-0.25, -0.2) is 0 Å². The van der Waals surface area contributed by atoms with Crippen LogP contribution in [-0.2, 0) is 11.2 Å². The lowest BCUT2D eigenvalue weighted by atomic mass is 9.82. The Bertz CT molecular complexity index is 620. The third-order valence-electron chi connectivity index (χ3n) is 3.83. The molecule has 0 saturated carbocycles. The van der Waals surface area contributed by atoms with Gasteiger partial charge in [0, 0.05) is 17.0 Å². The number of carbonyl (C=O) groups excluding carboxylic acids is 2. The van der Waals surface area contributed by atoms with Crippen LogP contribution in [0.2, 0.25) is 0 Å². The van der Waals surface area contributed by atoms with Crippen LogP contribution in [0.1, 0.15) is 29.8 Å². The van der Waals surface area contributed by atoms with Gasteiger partial charge in [0.25, 0.3) is 5.91 Å². The van der Waals surface area contributed by atoms with Crippen molar-refractivity contribution >= 4 is 12.2 Å². The molecule has 0 fully saturated rings. The molecule has 1 N–H and O–H groups in total. The normalized spacial score (nSPS) is 12.5. The minimum atomic E-state index is -0.639. The zero-order chi connectivity index (χ0) is 16.0. The van der Waals surface area contributed by atoms with Crippen molar-refractivity contribution in [1.29, 1.82) is 0 Å². The fraction of sp³-hybridized carbons (Fsp3) is 0.263. The number of aldehydes is 1. The van der Waals surface area contributed by atoms with Crippen LogP contribution >= 0.6 is 0 Å². The average molecular weight is 295 g/mol. The highest BCUT2D eigenvalue weighted by molar-refractivity contribution is 5.94. The molecule has 0 spiro atoms. The molecule has 0 aromatic heterocycles. The van der Waals surface area contributed by atoms with E-state index in [9.17, 15) is 9.59 Å². The number of nitrogens with one attached hydrogen (secondary N) is 1. The van der Waals surface area contributed by atoms with Crippen molar-refractivity contribution in [1.82, 2.24) is 5.32 Å². The van der Waals surface area contributed by atoms with Gasteiger partial charge in [-0.1, -0.05) is 62.4 Å². The molecule has 2 rings (SSSR count). The van der Waals surface area contributed by atoms with Gasteiger partial charge in [0.15, 0.2) is 0 Å². The average Bonchev–Trinajstić information content (AvgIpc) is 2.56. The SMILES string of the molecule is CC(C)(C=O)[C@H](Cc1ccccc1)NC(=O)c1ccccc1. The molecular weight excluding hydrogens is 274 g/mol. The molecule has 3 heteroatoms. The van der Waals surface area contributed by atoms with Crippen LogP contribution in [0.25, 0.3) is 0 Å². The van der Waals surface area contributed by atoms with Crippen molar-refractivity contribution < 1.29 is 9.59 Å². The van der Waals surface area contributed by atoms with Crippen LogP contribution in [0.3, 0.4) is 0 Å². The van der Waals surface area contributed by atoms with E-state index in [0.29, 0.717) is 12.0 Å². The van der Waals surface area contributed by atoms with Crippen LogP contribution in [-0.4, -0.2) is 18.2 Å². The molecule has 114 valence electrons. The zero-order valence-corrected chi connectivity index (χ0v) is 13.0. The van der Waals surface area contributed by atoms with Gasteiger partial charge >= 0.3 is 0 Å². The largest absolute Gasteiger partial charge is 0.348 e. The summed E-state index contributed by atoms with van der Waals surface area (Å²) in [6.45, 7) is 3.69. The molecule has 2 aromatic carbocycles. The van der Waals surface area contributed by atoms with Gasteiger partial charge in [0.1, 0.15) is 6.29 Å². The third-order valence-corrected chi connectivity index (χ3v) is 3.83. The van der Waals surface area contributed by atoms with Crippen molar-refractivity contribution in [3.05, 3.63) is 71.8 Å². The lowest BCUT2D eigenvalue weighted by Gasteiger charge is -2.30. The number of hydrogen-bond donors (Lipinski definition) is 1. The molecule has 2 aromatic rings. The molecule has 0 radical (unpaired) electrons. The third kappa shape index (κ3) is 4.04. The maximum atomic E-state index is 12.4. The molecule has 3 nitrogen and oxygen atoms in total. The van der Waals surface area contributed by atoms with E-state index in [2.05, 4.69) is 5.32 Å². The molecule has 0 saturated heterocycles. The monoisotopic (exact) mass is 295 g/mol. The predicted octanol–water partition coefficient (Wildman–Crippen LogP) is 3.25. The highest BCUT2D eigenvalue weighted by atomic mass is 16.1. The summed E-state index contributed by atoms with van der Waals surface area (Å²) in [5.41, 5.74) is 1.05. The van der Waals surface area contributed by atoms with Crippen LogP contribution in [0.15, 0.2) is 60.7 Å². The van der Waals surface area contributed by atoms with E-state index < -0.39 is 5.41 Å². The van der Waals surface area contributed by atoms with E-state index in [4.69, 9.17) is 0 Å². The number of rotatable bonds is 6. The molecule has 0 aliphatic rings. The van der Waals surface area contributed by atoms with Crippen LogP contribution in [0.4, 0.5) is 0 Å². The van der Waals surface area contributed by atoms with Gasteiger partial charge in [-0.3, -0.25) is 4.79 Å². The molecule has 0 heterocycles. The molecule has 0 aliphatic heterocycles. The first kappa shape index (κ1) is 16.0. The maximum Gasteiger partial charge on any atom is 0.251 e. The highest BCUT2D eigenvalue weighted by Gasteiger charge is 2.30. The Hall–Kier alpha value is -2.42. The molecule has 1 atom stereocenters. The van der Waals surface area contributed by atoms with Crippen molar-refractivity contribution in [3.63, 3.8) is 0 Å². The first-order chi connectivity index (χ1) is 10.5. The first-order valence-corrected chi connectivity index (χ1v) is 7.39. The van der Waals surface area contributed by atoms with Crippen LogP contribution < -0.4 is 5.32 Å². The lowest BCUT2D eigenvalue weighted by molar-refractivity contribution is -0.115. The second-order valence-corrected chi connectivity index (χ2v) is 6.02. The molecular formula is C19H21NO2. The van der Waals surface area contributed by atoms with Gasteiger partial charge in [-0.15, -0.1) is 0 Å². The van der Waals surface area contributed by atoms with Gasteiger partial charge < -0.3 is 10.1 Å². The summed E-state index contributed by atoms with van der Waals surface area (Å²) in [6, 6.07) is 18.7. The first-order valence-electron chi connectivity index (χ1n) is 7.39. The summed E-state index contributed by atoms with van der Waals surface area (Å²) in [6.07, 6.45) is 1.52. The van der Waals surface area contributed by atoms with E-state index in [-0.39, 0.29) is 11.9 Å². The fourth-order valence-electron chi connectivity index (χ4n) is 2.26. The van der Waals surface area contributed by atoms with Gasteiger partial charge in [0.05, 0.1) is 0 Å². The topological polar surface area (TPSA) is 46.2 Å². The predicted molar refractivity (Wildman–Crippen MR) is 87.7 cm³/mol. The van der Waals surface area contributed by atoms with Crippen molar-refractivity contribution in [2.45, 2.75) is 26.3 Å². The van der Waals surface area contributed by atoms with Crippen molar-refractivity contribution in [2.75, 3.05) is 0 Å². The summed E-state index contributed by atoms with van der Waals surface area (Å²) in [5, 5.41) is 3.00. The van der Waals surface area contributed by atoms with E-state index in [1.807, 2.05) is 62.4 Å². The summed E-state index contributed by atoms with van der Waals surface area (Å²) < 4.78 is 0. The van der Waals surface area contributed by atoms with Crippen LogP contribution in [0, 0.1) is 5.41 Å². The van der Waals surface area contributed by atoms with E-state index >= 15 is 0 Å². The molecule has 22 heavy (non-hydrogen) atoms. The molecule has 0 unspecified atom stereocenters. The molecule has 0 bridgehead atoms. The maximum absolute atomic E-state index is 12.4. The number of hydrogen-bond acceptors (Lipinski definition) is 2. The lowest BCUT2D eigenvalue weighted by Crippen LogP contribution is -2.47. The van der Waals surface area contributed by atoms with Crippen molar-refractivity contribution in [2.24, 2.45) is 5.41 Å². The van der Waals surface area contributed by atoms with E-state index in [0.717, 1.165) is 11.8 Å². The minimum absolute atomic E-state index is 0.156. The smallest absolute Gasteiger partial charge is 0.251 e. The fourth-order valence-corrected chi connectivity index (χ4v) is 2.26. The van der Waals surface area contributed by atoms with Crippen LogP contribution in [0.5, 0.6) is 0 Å². The van der Waals surface area contributed by atoms with Gasteiger partial charge in [0.2, 0.25) is 0 Å². The second-order valence-electron chi connectivity index (χ2n) is 6.02. The number of benzene rings is 2. The Balaban J connectivity index is 2.18. The van der Waals surface area contributed by atoms with Gasteiger partial charge in [-0.2, -0.15) is 0 Å². The summed E-state index contributed by atoms with van der Waals surface area (Å²) in [4.78, 5) is 23.8. The summed E-state index contributed by atoms with van der Waals surface area (Å²) >= 11 is 0. The molecule has 1 amide bonds. The summed E-state index contributed by atoms with van der Waals surface area (Å²) in [5.74, 6) is -0.156. The standard InChI is InChI=1S/C19H21NO2/c1-19(2,14-21)17(13-15-9-5-3-6-10-15)20-18(22)16-11-7-4-8-12-16/h3-12,14,17H,13H2,1-2H3,(H,20,22)/t17-/m0/s1. The molecule has 0 aliphatic carbocycles. The quantitative estimate of drug-likeness (QED) is 0.832. The minimum Gasteiger partial charge on any atom is -0.348 e. The zero-order valence-electron chi connectivity index (χ0n) is 13.0.